The van der Waals surface area contributed by atoms with E-state index in [1.165, 1.54) is 11.1 Å². The monoisotopic (exact) mass is 240 g/mol. The Morgan fingerprint density at radius 2 is 1.94 bits per heavy atom. The van der Waals surface area contributed by atoms with Crippen molar-refractivity contribution in [1.82, 2.24) is 10.2 Å². The Balaban J connectivity index is 4.80. The van der Waals surface area contributed by atoms with Gasteiger partial charge >= 0.3 is 0 Å². The van der Waals surface area contributed by atoms with Crippen LogP contribution in [0.4, 0.5) is 0 Å². The van der Waals surface area contributed by atoms with Crippen molar-refractivity contribution in [3.8, 4) is 0 Å². The lowest BCUT2D eigenvalue weighted by Crippen LogP contribution is -2.46. The zero-order valence-electron chi connectivity index (χ0n) is 11.3. The summed E-state index contributed by atoms with van der Waals surface area (Å²) in [6.07, 6.45) is 3.39. The van der Waals surface area contributed by atoms with Crippen LogP contribution in [0, 0.1) is 5.92 Å². The van der Waals surface area contributed by atoms with E-state index in [9.17, 15) is 9.59 Å². The Hall–Kier alpha value is -1.32. The molecule has 0 rings (SSSR count). The molecule has 1 atom stereocenters. The maximum absolute atomic E-state index is 11.8. The van der Waals surface area contributed by atoms with E-state index in [0.29, 0.717) is 18.8 Å². The standard InChI is InChI=1S/C13H24N2O2/c1-6-12(16)15(7-2)11(13(17)14-5)9-8-10(3)4/h7,10-11H,2,6,8-9H2,1,3-5H3,(H,14,17). The van der Waals surface area contributed by atoms with Crippen molar-refractivity contribution in [3.63, 3.8) is 0 Å². The minimum atomic E-state index is -0.438. The third-order valence-corrected chi connectivity index (χ3v) is 2.69. The van der Waals surface area contributed by atoms with E-state index in [2.05, 4.69) is 25.7 Å². The first-order chi connectivity index (χ1) is 7.97. The molecule has 4 heteroatoms. The first kappa shape index (κ1) is 15.7. The van der Waals surface area contributed by atoms with E-state index in [1.807, 2.05) is 0 Å². The average molecular weight is 240 g/mol. The fourth-order valence-electron chi connectivity index (χ4n) is 1.64. The number of carbonyl (C=O) groups excluding carboxylic acids is 2. The molecule has 0 aromatic carbocycles. The molecule has 0 aliphatic rings. The van der Waals surface area contributed by atoms with Crippen LogP contribution in [0.1, 0.15) is 40.0 Å². The first-order valence-corrected chi connectivity index (χ1v) is 6.13. The second-order valence-electron chi connectivity index (χ2n) is 4.44. The highest BCUT2D eigenvalue weighted by Crippen LogP contribution is 2.14. The van der Waals surface area contributed by atoms with Gasteiger partial charge in [0.1, 0.15) is 6.04 Å². The van der Waals surface area contributed by atoms with E-state index < -0.39 is 6.04 Å². The van der Waals surface area contributed by atoms with Crippen LogP contribution < -0.4 is 5.32 Å². The molecule has 0 heterocycles. The molecule has 0 aromatic heterocycles. The van der Waals surface area contributed by atoms with Crippen molar-refractivity contribution in [2.75, 3.05) is 7.05 Å². The number of nitrogens with one attached hydrogen (secondary N) is 1. The summed E-state index contributed by atoms with van der Waals surface area (Å²) < 4.78 is 0. The van der Waals surface area contributed by atoms with Crippen molar-refractivity contribution in [1.29, 1.82) is 0 Å². The highest BCUT2D eigenvalue weighted by Gasteiger charge is 2.26. The largest absolute Gasteiger partial charge is 0.357 e. The molecule has 1 unspecified atom stereocenters. The van der Waals surface area contributed by atoms with Crippen LogP contribution in [0.3, 0.4) is 0 Å². The average Bonchev–Trinajstić information content (AvgIpc) is 2.32. The summed E-state index contributed by atoms with van der Waals surface area (Å²) >= 11 is 0. The molecule has 0 fully saturated rings. The van der Waals surface area contributed by atoms with E-state index in [1.54, 1.807) is 14.0 Å². The van der Waals surface area contributed by atoms with Gasteiger partial charge in [0.15, 0.2) is 0 Å². The lowest BCUT2D eigenvalue weighted by atomic mass is 10.0. The summed E-state index contributed by atoms with van der Waals surface area (Å²) in [5, 5.41) is 2.60. The summed E-state index contributed by atoms with van der Waals surface area (Å²) in [7, 11) is 1.59. The molecule has 0 aliphatic carbocycles. The van der Waals surface area contributed by atoms with Gasteiger partial charge < -0.3 is 10.2 Å². The lowest BCUT2D eigenvalue weighted by molar-refractivity contribution is -0.137. The molecule has 0 aliphatic heterocycles. The van der Waals surface area contributed by atoms with Gasteiger partial charge in [-0.15, -0.1) is 0 Å². The third kappa shape index (κ3) is 5.02. The molecule has 17 heavy (non-hydrogen) atoms. The minimum absolute atomic E-state index is 0.0719. The highest BCUT2D eigenvalue weighted by atomic mass is 16.2. The number of likely N-dealkylation sites (N-methyl/N-ethyl adjacent to an activating group) is 1. The van der Waals surface area contributed by atoms with Gasteiger partial charge in [-0.1, -0.05) is 27.4 Å². The van der Waals surface area contributed by atoms with Crippen LogP contribution in [-0.2, 0) is 9.59 Å². The molecule has 0 saturated heterocycles. The molecule has 0 bridgehead atoms. The van der Waals surface area contributed by atoms with Crippen LogP contribution in [0.15, 0.2) is 12.8 Å². The van der Waals surface area contributed by atoms with Crippen molar-refractivity contribution in [2.24, 2.45) is 5.92 Å². The molecular formula is C13H24N2O2. The molecular weight excluding hydrogens is 216 g/mol. The molecule has 0 saturated carbocycles. The highest BCUT2D eigenvalue weighted by molar-refractivity contribution is 5.88. The van der Waals surface area contributed by atoms with Crippen LogP contribution in [0.25, 0.3) is 0 Å². The number of amides is 2. The Kier molecular flexibility index (Phi) is 7.26. The molecule has 0 radical (unpaired) electrons. The predicted octanol–water partition coefficient (Wildman–Crippen LogP) is 1.92. The normalized spacial score (nSPS) is 12.1. The van der Waals surface area contributed by atoms with Crippen molar-refractivity contribution in [2.45, 2.75) is 46.1 Å². The Morgan fingerprint density at radius 1 is 1.35 bits per heavy atom. The lowest BCUT2D eigenvalue weighted by Gasteiger charge is -2.27. The summed E-state index contributed by atoms with van der Waals surface area (Å²) in [6.45, 7) is 9.60. The summed E-state index contributed by atoms with van der Waals surface area (Å²) in [6, 6.07) is -0.438. The topological polar surface area (TPSA) is 49.4 Å². The molecule has 1 N–H and O–H groups in total. The van der Waals surface area contributed by atoms with Crippen molar-refractivity contribution < 1.29 is 9.59 Å². The zero-order valence-corrected chi connectivity index (χ0v) is 11.3. The van der Waals surface area contributed by atoms with Gasteiger partial charge in [0.05, 0.1) is 0 Å². The maximum atomic E-state index is 11.8. The summed E-state index contributed by atoms with van der Waals surface area (Å²) in [5.41, 5.74) is 0. The van der Waals surface area contributed by atoms with Crippen LogP contribution >= 0.6 is 0 Å². The summed E-state index contributed by atoms with van der Waals surface area (Å²) in [5.74, 6) is 0.301. The third-order valence-electron chi connectivity index (χ3n) is 2.69. The zero-order chi connectivity index (χ0) is 13.4. The van der Waals surface area contributed by atoms with E-state index >= 15 is 0 Å². The molecule has 98 valence electrons. The van der Waals surface area contributed by atoms with E-state index in [0.717, 1.165) is 6.42 Å². The Labute approximate surface area is 104 Å². The van der Waals surface area contributed by atoms with Crippen LogP contribution in [0.5, 0.6) is 0 Å². The van der Waals surface area contributed by atoms with Gasteiger partial charge in [-0.3, -0.25) is 9.59 Å². The van der Waals surface area contributed by atoms with Crippen LogP contribution in [-0.4, -0.2) is 29.8 Å². The molecule has 0 spiro atoms. The van der Waals surface area contributed by atoms with Gasteiger partial charge in [0.25, 0.3) is 0 Å². The second kappa shape index (κ2) is 7.87. The fraction of sp³-hybridized carbons (Fsp3) is 0.692. The van der Waals surface area contributed by atoms with Crippen molar-refractivity contribution >= 4 is 11.8 Å². The molecule has 0 aromatic rings. The number of nitrogens with zero attached hydrogens (tertiary/aromatic N) is 1. The number of hydrogen-bond donors (Lipinski definition) is 1. The number of hydrogen-bond acceptors (Lipinski definition) is 2. The predicted molar refractivity (Wildman–Crippen MR) is 69.3 cm³/mol. The van der Waals surface area contributed by atoms with Crippen LogP contribution in [0.2, 0.25) is 0 Å². The Morgan fingerprint density at radius 3 is 2.29 bits per heavy atom. The SMILES string of the molecule is C=CN(C(=O)CC)C(CCC(C)C)C(=O)NC. The van der Waals surface area contributed by atoms with Gasteiger partial charge in [0, 0.05) is 19.7 Å². The van der Waals surface area contributed by atoms with E-state index in [4.69, 9.17) is 0 Å². The molecule has 4 nitrogen and oxygen atoms in total. The maximum Gasteiger partial charge on any atom is 0.242 e. The first-order valence-electron chi connectivity index (χ1n) is 6.13. The van der Waals surface area contributed by atoms with Crippen molar-refractivity contribution in [3.05, 3.63) is 12.8 Å². The number of carbonyl (C=O) groups is 2. The van der Waals surface area contributed by atoms with Gasteiger partial charge in [-0.2, -0.15) is 0 Å². The smallest absolute Gasteiger partial charge is 0.242 e. The number of rotatable bonds is 7. The van der Waals surface area contributed by atoms with Gasteiger partial charge in [0.2, 0.25) is 11.8 Å². The minimum Gasteiger partial charge on any atom is -0.357 e. The van der Waals surface area contributed by atoms with Gasteiger partial charge in [-0.05, 0) is 18.8 Å². The summed E-state index contributed by atoms with van der Waals surface area (Å²) in [4.78, 5) is 25.0. The van der Waals surface area contributed by atoms with E-state index in [-0.39, 0.29) is 11.8 Å². The molecule has 2 amide bonds. The fourth-order valence-corrected chi connectivity index (χ4v) is 1.64. The second-order valence-corrected chi connectivity index (χ2v) is 4.44. The Bertz CT molecular complexity index is 275. The van der Waals surface area contributed by atoms with Gasteiger partial charge in [-0.25, -0.2) is 0 Å². The quantitative estimate of drug-likeness (QED) is 0.739.